The van der Waals surface area contributed by atoms with Crippen LogP contribution in [-0.2, 0) is 0 Å². The second-order valence-electron chi connectivity index (χ2n) is 6.83. The standard InChI is InChI=1S/C26H22O6/c1-31-19-7-3-5-17(13-19)9-11-23(27)21-15-22(26(30)16-25(21)29)24(28)12-10-18-6-4-8-20(14-18)32-2/h3-16,29-30H,1-2H3/b11-9+,12-10+. The van der Waals surface area contributed by atoms with E-state index in [0.717, 1.165) is 17.2 Å². The van der Waals surface area contributed by atoms with E-state index in [1.165, 1.54) is 18.2 Å². The van der Waals surface area contributed by atoms with Crippen molar-refractivity contribution in [1.29, 1.82) is 0 Å². The molecule has 6 nitrogen and oxygen atoms in total. The Balaban J connectivity index is 1.84. The Labute approximate surface area is 185 Å². The normalized spacial score (nSPS) is 11.1. The number of allylic oxidation sites excluding steroid dienone is 2. The zero-order valence-corrected chi connectivity index (χ0v) is 17.6. The van der Waals surface area contributed by atoms with Crippen LogP contribution in [0, 0.1) is 0 Å². The lowest BCUT2D eigenvalue weighted by Crippen LogP contribution is -2.01. The molecule has 0 amide bonds. The minimum absolute atomic E-state index is 0.0972. The molecule has 0 atom stereocenters. The summed E-state index contributed by atoms with van der Waals surface area (Å²) in [5, 5.41) is 20.3. The molecule has 0 fully saturated rings. The monoisotopic (exact) mass is 430 g/mol. The van der Waals surface area contributed by atoms with E-state index in [0.29, 0.717) is 11.5 Å². The lowest BCUT2D eigenvalue weighted by molar-refractivity contribution is 0.104. The molecular formula is C26H22O6. The van der Waals surface area contributed by atoms with E-state index in [2.05, 4.69) is 0 Å². The van der Waals surface area contributed by atoms with Gasteiger partial charge < -0.3 is 19.7 Å². The molecule has 0 aliphatic heterocycles. The fourth-order valence-corrected chi connectivity index (χ4v) is 2.99. The highest BCUT2D eigenvalue weighted by molar-refractivity contribution is 6.13. The number of methoxy groups -OCH3 is 2. The van der Waals surface area contributed by atoms with E-state index in [1.807, 2.05) is 0 Å². The van der Waals surface area contributed by atoms with Crippen molar-refractivity contribution in [2.24, 2.45) is 0 Å². The predicted octanol–water partition coefficient (Wildman–Crippen LogP) is 4.91. The van der Waals surface area contributed by atoms with E-state index in [9.17, 15) is 19.8 Å². The summed E-state index contributed by atoms with van der Waals surface area (Å²) in [5.41, 5.74) is 1.27. The second kappa shape index (κ2) is 10.1. The molecule has 0 spiro atoms. The number of hydrogen-bond acceptors (Lipinski definition) is 6. The van der Waals surface area contributed by atoms with Crippen LogP contribution in [0.2, 0.25) is 0 Å². The minimum atomic E-state index is -0.517. The van der Waals surface area contributed by atoms with Crippen LogP contribution in [0.15, 0.2) is 72.8 Å². The Morgan fingerprint density at radius 2 is 1.12 bits per heavy atom. The van der Waals surface area contributed by atoms with E-state index in [4.69, 9.17) is 9.47 Å². The molecule has 0 aromatic heterocycles. The fraction of sp³-hybridized carbons (Fsp3) is 0.0769. The molecule has 0 heterocycles. The summed E-state index contributed by atoms with van der Waals surface area (Å²) >= 11 is 0. The Hall–Kier alpha value is -4.32. The molecular weight excluding hydrogens is 408 g/mol. The highest BCUT2D eigenvalue weighted by Gasteiger charge is 2.17. The molecule has 3 aromatic rings. The Morgan fingerprint density at radius 3 is 1.53 bits per heavy atom. The Kier molecular flexibility index (Phi) is 7.08. The van der Waals surface area contributed by atoms with Gasteiger partial charge in [-0.05, 0) is 53.6 Å². The molecule has 0 unspecified atom stereocenters. The number of hydrogen-bond donors (Lipinski definition) is 2. The topological polar surface area (TPSA) is 93.1 Å². The summed E-state index contributed by atoms with van der Waals surface area (Å²) in [5.74, 6) is -0.593. The molecule has 0 aliphatic carbocycles. The molecule has 0 bridgehead atoms. The van der Waals surface area contributed by atoms with Gasteiger partial charge in [-0.15, -0.1) is 0 Å². The number of phenols is 2. The number of ether oxygens (including phenoxy) is 2. The van der Waals surface area contributed by atoms with Gasteiger partial charge in [0.2, 0.25) is 0 Å². The van der Waals surface area contributed by atoms with Gasteiger partial charge in [-0.25, -0.2) is 0 Å². The summed E-state index contributed by atoms with van der Waals surface area (Å²) in [6, 6.07) is 16.4. The van der Waals surface area contributed by atoms with Crippen LogP contribution in [0.25, 0.3) is 12.2 Å². The van der Waals surface area contributed by atoms with Crippen molar-refractivity contribution in [2.45, 2.75) is 0 Å². The maximum Gasteiger partial charge on any atom is 0.189 e. The van der Waals surface area contributed by atoms with Gasteiger partial charge in [0, 0.05) is 6.07 Å². The van der Waals surface area contributed by atoms with E-state index in [-0.39, 0.29) is 11.1 Å². The lowest BCUT2D eigenvalue weighted by Gasteiger charge is -2.07. The lowest BCUT2D eigenvalue weighted by atomic mass is 10.0. The van der Waals surface area contributed by atoms with Crippen molar-refractivity contribution >= 4 is 23.7 Å². The molecule has 3 aromatic carbocycles. The van der Waals surface area contributed by atoms with Crippen molar-refractivity contribution < 1.29 is 29.3 Å². The number of benzene rings is 3. The minimum Gasteiger partial charge on any atom is -0.507 e. The number of carbonyl (C=O) groups excluding carboxylic acids is 2. The van der Waals surface area contributed by atoms with Crippen molar-refractivity contribution in [1.82, 2.24) is 0 Å². The Bertz CT molecular complexity index is 1120. The number of phenolic OH excluding ortho intramolecular Hbond substituents is 2. The molecule has 6 heteroatoms. The average molecular weight is 430 g/mol. The van der Waals surface area contributed by atoms with E-state index >= 15 is 0 Å². The SMILES string of the molecule is COc1cccc(/C=C/C(=O)c2cc(C(=O)/C=C/c3cccc(OC)c3)c(O)cc2O)c1. The summed E-state index contributed by atoms with van der Waals surface area (Å²) in [7, 11) is 3.09. The number of carbonyl (C=O) groups is 2. The van der Waals surface area contributed by atoms with Crippen LogP contribution in [0.5, 0.6) is 23.0 Å². The van der Waals surface area contributed by atoms with Gasteiger partial charge >= 0.3 is 0 Å². The van der Waals surface area contributed by atoms with Crippen LogP contribution in [-0.4, -0.2) is 36.0 Å². The first-order valence-corrected chi connectivity index (χ1v) is 9.70. The smallest absolute Gasteiger partial charge is 0.189 e. The van der Waals surface area contributed by atoms with Gasteiger partial charge in [0.1, 0.15) is 23.0 Å². The molecule has 0 aliphatic rings. The van der Waals surface area contributed by atoms with Gasteiger partial charge in [-0.3, -0.25) is 9.59 Å². The van der Waals surface area contributed by atoms with Crippen molar-refractivity contribution in [3.8, 4) is 23.0 Å². The fourth-order valence-electron chi connectivity index (χ4n) is 2.99. The van der Waals surface area contributed by atoms with Crippen LogP contribution >= 0.6 is 0 Å². The van der Waals surface area contributed by atoms with E-state index < -0.39 is 23.1 Å². The molecule has 0 saturated heterocycles. The molecule has 2 N–H and O–H groups in total. The quantitative estimate of drug-likeness (QED) is 0.390. The molecule has 32 heavy (non-hydrogen) atoms. The van der Waals surface area contributed by atoms with Gasteiger partial charge in [0.15, 0.2) is 11.6 Å². The molecule has 3 rings (SSSR count). The molecule has 0 radical (unpaired) electrons. The maximum absolute atomic E-state index is 12.6. The average Bonchev–Trinajstić information content (AvgIpc) is 2.81. The zero-order chi connectivity index (χ0) is 23.1. The van der Waals surface area contributed by atoms with Crippen LogP contribution < -0.4 is 9.47 Å². The summed E-state index contributed by atoms with van der Waals surface area (Å²) < 4.78 is 10.3. The largest absolute Gasteiger partial charge is 0.507 e. The maximum atomic E-state index is 12.6. The summed E-state index contributed by atoms with van der Waals surface area (Å²) in [6.07, 6.45) is 5.70. The van der Waals surface area contributed by atoms with Gasteiger partial charge in [-0.1, -0.05) is 36.4 Å². The summed E-state index contributed by atoms with van der Waals surface area (Å²) in [6.45, 7) is 0. The van der Waals surface area contributed by atoms with Crippen LogP contribution in [0.3, 0.4) is 0 Å². The van der Waals surface area contributed by atoms with E-state index in [1.54, 1.807) is 74.9 Å². The first kappa shape index (κ1) is 22.4. The third kappa shape index (κ3) is 5.43. The summed E-state index contributed by atoms with van der Waals surface area (Å²) in [4.78, 5) is 25.3. The first-order valence-electron chi connectivity index (χ1n) is 9.70. The first-order chi connectivity index (χ1) is 15.4. The number of aromatic hydroxyl groups is 2. The Morgan fingerprint density at radius 1 is 0.688 bits per heavy atom. The van der Waals surface area contributed by atoms with Crippen LogP contribution in [0.1, 0.15) is 31.8 Å². The molecule has 162 valence electrons. The van der Waals surface area contributed by atoms with Crippen molar-refractivity contribution in [2.75, 3.05) is 14.2 Å². The highest BCUT2D eigenvalue weighted by atomic mass is 16.5. The highest BCUT2D eigenvalue weighted by Crippen LogP contribution is 2.29. The van der Waals surface area contributed by atoms with Gasteiger partial charge in [0.05, 0.1) is 25.3 Å². The third-order valence-electron chi connectivity index (χ3n) is 4.69. The van der Waals surface area contributed by atoms with Crippen molar-refractivity contribution in [3.63, 3.8) is 0 Å². The third-order valence-corrected chi connectivity index (χ3v) is 4.69. The second-order valence-corrected chi connectivity index (χ2v) is 6.83. The van der Waals surface area contributed by atoms with Gasteiger partial charge in [-0.2, -0.15) is 0 Å². The van der Waals surface area contributed by atoms with Gasteiger partial charge in [0.25, 0.3) is 0 Å². The zero-order valence-electron chi connectivity index (χ0n) is 17.6. The van der Waals surface area contributed by atoms with Crippen molar-refractivity contribution in [3.05, 3.63) is 95.1 Å². The number of ketones is 2. The van der Waals surface area contributed by atoms with Crippen LogP contribution in [0.4, 0.5) is 0 Å². The molecule has 0 saturated carbocycles. The predicted molar refractivity (Wildman–Crippen MR) is 122 cm³/mol. The number of rotatable bonds is 8.